The van der Waals surface area contributed by atoms with E-state index < -0.39 is 22.4 Å². The molecule has 0 spiro atoms. The maximum atomic E-state index is 10.1. The number of hydrogen-bond acceptors (Lipinski definition) is 4. The van der Waals surface area contributed by atoms with Gasteiger partial charge in [0.2, 0.25) is 0 Å². The van der Waals surface area contributed by atoms with Gasteiger partial charge in [-0.2, -0.15) is 0 Å². The number of carboxylic acids is 2. The first-order valence-corrected chi connectivity index (χ1v) is 3.15. The van der Waals surface area contributed by atoms with Crippen molar-refractivity contribution >= 4 is 37.2 Å². The van der Waals surface area contributed by atoms with Gasteiger partial charge in [0.05, 0.1) is 6.42 Å². The molecule has 0 aliphatic carbocycles. The van der Waals surface area contributed by atoms with Crippen molar-refractivity contribution in [2.45, 2.75) is 10.5 Å². The molecule has 0 aliphatic heterocycles. The monoisotopic (exact) mass is 279 g/mol. The Labute approximate surface area is 87.5 Å². The van der Waals surface area contributed by atoms with Gasteiger partial charge < -0.3 is 10.2 Å². The van der Waals surface area contributed by atoms with E-state index in [1.165, 1.54) is 0 Å². The van der Waals surface area contributed by atoms with Gasteiger partial charge in [-0.15, -0.1) is 25.3 Å². The molecule has 7 heteroatoms. The standard InChI is InChI=1S/C4H6O4S2.Tc/c5-2(6)1-4(9,10)3(7)8;/h9-10H,1H2,(H,5,6)(H,7,8);. The zero-order chi connectivity index (χ0) is 8.36. The van der Waals surface area contributed by atoms with Crippen LogP contribution < -0.4 is 0 Å². The molecule has 0 saturated heterocycles. The third-order valence-corrected chi connectivity index (χ3v) is 1.44. The van der Waals surface area contributed by atoms with Gasteiger partial charge in [0.15, 0.2) is 4.08 Å². The molecule has 0 aromatic rings. The van der Waals surface area contributed by atoms with Crippen LogP contribution in [0.2, 0.25) is 0 Å². The summed E-state index contributed by atoms with van der Waals surface area (Å²) in [7, 11) is 0. The molecule has 0 aromatic carbocycles. The Kier molecular flexibility index (Phi) is 6.33. The SMILES string of the molecule is O=C(O)CC(S)(S)C(=O)O.[Tc]. The summed E-state index contributed by atoms with van der Waals surface area (Å²) in [5, 5.41) is 16.4. The Morgan fingerprint density at radius 3 is 1.73 bits per heavy atom. The van der Waals surface area contributed by atoms with Gasteiger partial charge in [0, 0.05) is 20.1 Å². The molecule has 0 unspecified atom stereocenters. The van der Waals surface area contributed by atoms with Crippen LogP contribution in [-0.2, 0) is 29.7 Å². The average molecular weight is 280 g/mol. The maximum Gasteiger partial charge on any atom is 0.330 e. The third kappa shape index (κ3) is 5.55. The number of carbonyl (C=O) groups is 2. The molecular weight excluding hydrogens is 274 g/mol. The molecule has 0 atom stereocenters. The fourth-order valence-corrected chi connectivity index (χ4v) is 0.557. The largest absolute Gasteiger partial charge is 0.481 e. The minimum atomic E-state index is -1.77. The van der Waals surface area contributed by atoms with E-state index in [1.54, 1.807) is 0 Å². The summed E-state index contributed by atoms with van der Waals surface area (Å²) < 4.78 is -1.77. The molecule has 65 valence electrons. The van der Waals surface area contributed by atoms with Crippen LogP contribution in [0.1, 0.15) is 6.42 Å². The first-order valence-electron chi connectivity index (χ1n) is 2.26. The molecule has 0 amide bonds. The van der Waals surface area contributed by atoms with Crippen LogP contribution in [0, 0.1) is 0 Å². The van der Waals surface area contributed by atoms with E-state index in [0.717, 1.165) is 0 Å². The summed E-state index contributed by atoms with van der Waals surface area (Å²) >= 11 is 7.01. The molecule has 0 aliphatic rings. The Morgan fingerprint density at radius 2 is 1.64 bits per heavy atom. The van der Waals surface area contributed by atoms with Crippen molar-refractivity contribution in [1.82, 2.24) is 0 Å². The van der Waals surface area contributed by atoms with Crippen molar-refractivity contribution in [3.63, 3.8) is 0 Å². The molecule has 0 fully saturated rings. The molecule has 2 N–H and O–H groups in total. The topological polar surface area (TPSA) is 74.6 Å². The summed E-state index contributed by atoms with van der Waals surface area (Å²) in [4.78, 5) is 20.1. The molecule has 1 radical (unpaired) electrons. The predicted molar refractivity (Wildman–Crippen MR) is 40.6 cm³/mol. The Bertz CT molecular complexity index is 169. The van der Waals surface area contributed by atoms with Crippen LogP contribution >= 0.6 is 25.3 Å². The van der Waals surface area contributed by atoms with Crippen LogP contribution in [-0.4, -0.2) is 26.2 Å². The van der Waals surface area contributed by atoms with Gasteiger partial charge >= 0.3 is 11.9 Å². The van der Waals surface area contributed by atoms with E-state index in [-0.39, 0.29) is 20.1 Å². The van der Waals surface area contributed by atoms with Crippen LogP contribution in [0.5, 0.6) is 0 Å². The zero-order valence-corrected chi connectivity index (χ0v) is 8.84. The van der Waals surface area contributed by atoms with E-state index in [0.29, 0.717) is 0 Å². The zero-order valence-electron chi connectivity index (χ0n) is 5.19. The van der Waals surface area contributed by atoms with Crippen molar-refractivity contribution in [3.05, 3.63) is 0 Å². The fraction of sp³-hybridized carbons (Fsp3) is 0.500. The molecule has 0 rings (SSSR count). The van der Waals surface area contributed by atoms with Crippen molar-refractivity contribution in [2.24, 2.45) is 0 Å². The summed E-state index contributed by atoms with van der Waals surface area (Å²) in [5.41, 5.74) is 0. The second-order valence-corrected chi connectivity index (χ2v) is 3.57. The Balaban J connectivity index is 0. The van der Waals surface area contributed by atoms with Gasteiger partial charge in [0.25, 0.3) is 0 Å². The maximum absolute atomic E-state index is 10.1. The van der Waals surface area contributed by atoms with Gasteiger partial charge in [-0.3, -0.25) is 4.79 Å². The van der Waals surface area contributed by atoms with Gasteiger partial charge in [-0.05, 0) is 0 Å². The van der Waals surface area contributed by atoms with E-state index in [1.807, 2.05) is 0 Å². The number of thiol groups is 2. The number of hydrogen-bond donors (Lipinski definition) is 4. The van der Waals surface area contributed by atoms with E-state index >= 15 is 0 Å². The third-order valence-electron chi connectivity index (χ3n) is 0.740. The normalized spacial score (nSPS) is 10.0. The van der Waals surface area contributed by atoms with Crippen molar-refractivity contribution in [1.29, 1.82) is 0 Å². The molecule has 0 heterocycles. The fourth-order valence-electron chi connectivity index (χ4n) is 0.286. The van der Waals surface area contributed by atoms with Crippen LogP contribution in [0.4, 0.5) is 0 Å². The van der Waals surface area contributed by atoms with E-state index in [9.17, 15) is 9.59 Å². The van der Waals surface area contributed by atoms with Gasteiger partial charge in [0.1, 0.15) is 0 Å². The first-order chi connectivity index (χ1) is 4.36. The molecule has 0 saturated carbocycles. The smallest absolute Gasteiger partial charge is 0.330 e. The van der Waals surface area contributed by atoms with E-state index in [4.69, 9.17) is 10.2 Å². The number of aliphatic carboxylic acids is 2. The van der Waals surface area contributed by atoms with Crippen LogP contribution in [0.25, 0.3) is 0 Å². The van der Waals surface area contributed by atoms with E-state index in [2.05, 4.69) is 25.3 Å². The Hall–Kier alpha value is 0.289. The molecule has 11 heavy (non-hydrogen) atoms. The van der Waals surface area contributed by atoms with Crippen molar-refractivity contribution in [2.75, 3.05) is 0 Å². The average Bonchev–Trinajstić information content (AvgIpc) is 1.60. The van der Waals surface area contributed by atoms with Gasteiger partial charge in [-0.1, -0.05) is 0 Å². The quantitative estimate of drug-likeness (QED) is 0.437. The Morgan fingerprint density at radius 1 is 1.27 bits per heavy atom. The molecule has 0 aromatic heterocycles. The van der Waals surface area contributed by atoms with Gasteiger partial charge in [-0.25, -0.2) is 4.79 Å². The second kappa shape index (κ2) is 5.03. The number of rotatable bonds is 3. The van der Waals surface area contributed by atoms with Crippen LogP contribution in [0.3, 0.4) is 0 Å². The number of carboxylic acid groups (broad SMARTS) is 2. The van der Waals surface area contributed by atoms with Crippen LogP contribution in [0.15, 0.2) is 0 Å². The first kappa shape index (κ1) is 13.9. The summed E-state index contributed by atoms with van der Waals surface area (Å²) in [6.45, 7) is 0. The molecule has 4 nitrogen and oxygen atoms in total. The predicted octanol–water partition coefficient (Wildman–Crippen LogP) is 0.0991. The molecular formula is C4H6O4S2Tc. The minimum absolute atomic E-state index is 0. The summed E-state index contributed by atoms with van der Waals surface area (Å²) in [6, 6.07) is 0. The second-order valence-electron chi connectivity index (χ2n) is 1.69. The van der Waals surface area contributed by atoms with Crippen molar-refractivity contribution in [3.8, 4) is 0 Å². The molecule has 0 bridgehead atoms. The summed E-state index contributed by atoms with van der Waals surface area (Å²) in [5.74, 6) is -2.60. The minimum Gasteiger partial charge on any atom is -0.481 e. The van der Waals surface area contributed by atoms with Crippen molar-refractivity contribution < 1.29 is 39.9 Å². The summed E-state index contributed by atoms with van der Waals surface area (Å²) in [6.07, 6.45) is -0.617.